The Balaban J connectivity index is 1.45. The summed E-state index contributed by atoms with van der Waals surface area (Å²) in [6, 6.07) is 23.6. The van der Waals surface area contributed by atoms with Crippen LogP contribution in [0, 0.1) is 0 Å². The van der Waals surface area contributed by atoms with E-state index in [0.29, 0.717) is 17.1 Å². The topological polar surface area (TPSA) is 84.2 Å². The third kappa shape index (κ3) is 4.61. The van der Waals surface area contributed by atoms with Gasteiger partial charge in [0.1, 0.15) is 0 Å². The highest BCUT2D eigenvalue weighted by Gasteiger charge is 2.18. The maximum absolute atomic E-state index is 13.4. The molecule has 174 valence electrons. The molecule has 0 radical (unpaired) electrons. The van der Waals surface area contributed by atoms with Crippen molar-refractivity contribution in [2.24, 2.45) is 0 Å². The fourth-order valence-corrected chi connectivity index (χ4v) is 4.49. The lowest BCUT2D eigenvalue weighted by molar-refractivity contribution is 0.0696. The number of hydrogen-bond donors (Lipinski definition) is 2. The molecule has 35 heavy (non-hydrogen) atoms. The number of pyridine rings is 1. The number of aromatic nitrogens is 2. The molecule has 2 aromatic heterocycles. The molecule has 0 aliphatic heterocycles. The van der Waals surface area contributed by atoms with E-state index in [9.17, 15) is 9.59 Å². The van der Waals surface area contributed by atoms with Gasteiger partial charge in [0.25, 0.3) is 5.91 Å². The summed E-state index contributed by atoms with van der Waals surface area (Å²) < 4.78 is 2.00. The van der Waals surface area contributed by atoms with Crippen LogP contribution in [-0.2, 0) is 6.54 Å². The van der Waals surface area contributed by atoms with Gasteiger partial charge in [-0.3, -0.25) is 9.78 Å². The van der Waals surface area contributed by atoms with E-state index in [2.05, 4.69) is 5.32 Å². The van der Waals surface area contributed by atoms with Crippen molar-refractivity contribution in [1.29, 1.82) is 0 Å². The van der Waals surface area contributed by atoms with Crippen molar-refractivity contribution in [3.63, 3.8) is 0 Å². The van der Waals surface area contributed by atoms with Crippen molar-refractivity contribution < 1.29 is 14.7 Å². The Labute approximate surface area is 206 Å². The Morgan fingerprint density at radius 3 is 2.54 bits per heavy atom. The number of carbonyl (C=O) groups is 2. The molecule has 2 heterocycles. The summed E-state index contributed by atoms with van der Waals surface area (Å²) in [6.07, 6.45) is 1.93. The first-order chi connectivity index (χ1) is 16.9. The van der Waals surface area contributed by atoms with Gasteiger partial charge in [-0.05, 0) is 55.0 Å². The molecule has 0 aliphatic rings. The van der Waals surface area contributed by atoms with E-state index < -0.39 is 5.97 Å². The van der Waals surface area contributed by atoms with Gasteiger partial charge >= 0.3 is 5.97 Å². The van der Waals surface area contributed by atoms with Crippen molar-refractivity contribution in [1.82, 2.24) is 14.9 Å². The molecular formula is C28H22ClN3O3. The van der Waals surface area contributed by atoms with Crippen LogP contribution in [0.2, 0.25) is 5.02 Å². The standard InChI is InChI=1S/C28H22ClN3O3/c1-17(18-6-8-20(9-7-18)28(34)35)30-27(33)24-15-22(29)14-21-12-13-32(26(21)24)16-23-11-10-19-4-2-3-5-25(19)31-23/h2-15,17H,16H2,1H3,(H,30,33)(H,34,35)/t17-/m0/s1. The van der Waals surface area contributed by atoms with E-state index in [1.54, 1.807) is 18.2 Å². The number of carboxylic acids is 1. The molecule has 0 aliphatic carbocycles. The number of benzene rings is 3. The number of aromatic carboxylic acids is 1. The van der Waals surface area contributed by atoms with E-state index >= 15 is 0 Å². The van der Waals surface area contributed by atoms with Gasteiger partial charge in [0.2, 0.25) is 0 Å². The summed E-state index contributed by atoms with van der Waals surface area (Å²) in [4.78, 5) is 29.2. The molecule has 6 nitrogen and oxygen atoms in total. The second-order valence-corrected chi connectivity index (χ2v) is 8.89. The smallest absolute Gasteiger partial charge is 0.335 e. The molecule has 5 rings (SSSR count). The zero-order valence-corrected chi connectivity index (χ0v) is 19.7. The predicted molar refractivity (Wildman–Crippen MR) is 137 cm³/mol. The SMILES string of the molecule is C[C@H](NC(=O)c1cc(Cl)cc2ccn(Cc3ccc4ccccc4n3)c12)c1ccc(C(=O)O)cc1. The molecular weight excluding hydrogens is 462 g/mol. The van der Waals surface area contributed by atoms with E-state index in [-0.39, 0.29) is 17.5 Å². The van der Waals surface area contributed by atoms with Gasteiger partial charge in [-0.2, -0.15) is 0 Å². The summed E-state index contributed by atoms with van der Waals surface area (Å²) in [5, 5.41) is 14.5. The van der Waals surface area contributed by atoms with Gasteiger partial charge in [-0.25, -0.2) is 4.79 Å². The van der Waals surface area contributed by atoms with Crippen molar-refractivity contribution in [3.05, 3.63) is 112 Å². The first kappa shape index (κ1) is 22.6. The fourth-order valence-electron chi connectivity index (χ4n) is 4.26. The summed E-state index contributed by atoms with van der Waals surface area (Å²) in [5.41, 5.74) is 4.04. The monoisotopic (exact) mass is 483 g/mol. The summed E-state index contributed by atoms with van der Waals surface area (Å²) >= 11 is 6.35. The lowest BCUT2D eigenvalue weighted by Gasteiger charge is -2.16. The quantitative estimate of drug-likeness (QED) is 0.306. The average Bonchev–Trinajstić information content (AvgIpc) is 3.25. The van der Waals surface area contributed by atoms with Crippen LogP contribution in [0.25, 0.3) is 21.8 Å². The normalized spacial score (nSPS) is 12.1. The lowest BCUT2D eigenvalue weighted by atomic mass is 10.0. The number of hydrogen-bond acceptors (Lipinski definition) is 3. The van der Waals surface area contributed by atoms with Gasteiger partial charge in [0.05, 0.1) is 40.4 Å². The number of fused-ring (bicyclic) bond motifs is 2. The number of carboxylic acid groups (broad SMARTS) is 1. The number of para-hydroxylation sites is 1. The molecule has 5 aromatic rings. The molecule has 2 N–H and O–H groups in total. The van der Waals surface area contributed by atoms with Crippen LogP contribution < -0.4 is 5.32 Å². The highest BCUT2D eigenvalue weighted by Crippen LogP contribution is 2.27. The van der Waals surface area contributed by atoms with Gasteiger partial charge in [0, 0.05) is 22.0 Å². The van der Waals surface area contributed by atoms with Gasteiger partial charge in [-0.15, -0.1) is 0 Å². The predicted octanol–water partition coefficient (Wildman–Crippen LogP) is 6.08. The van der Waals surface area contributed by atoms with Crippen molar-refractivity contribution in [3.8, 4) is 0 Å². The second kappa shape index (κ2) is 9.24. The summed E-state index contributed by atoms with van der Waals surface area (Å²) in [7, 11) is 0. The minimum atomic E-state index is -0.990. The minimum Gasteiger partial charge on any atom is -0.478 e. The van der Waals surface area contributed by atoms with Crippen molar-refractivity contribution >= 4 is 45.3 Å². The molecule has 1 atom stereocenters. The first-order valence-corrected chi connectivity index (χ1v) is 11.5. The molecule has 0 unspecified atom stereocenters. The highest BCUT2D eigenvalue weighted by atomic mass is 35.5. The number of nitrogens with one attached hydrogen (secondary N) is 1. The van der Waals surface area contributed by atoms with E-state index in [0.717, 1.165) is 33.1 Å². The Hall–Kier alpha value is -4.16. The van der Waals surface area contributed by atoms with Gasteiger partial charge in [0.15, 0.2) is 0 Å². The summed E-state index contributed by atoms with van der Waals surface area (Å²) in [5.74, 6) is -1.25. The number of carbonyl (C=O) groups excluding carboxylic acids is 1. The van der Waals surface area contributed by atoms with E-state index in [4.69, 9.17) is 21.7 Å². The van der Waals surface area contributed by atoms with Crippen LogP contribution in [0.4, 0.5) is 0 Å². The molecule has 0 spiro atoms. The van der Waals surface area contributed by atoms with Crippen LogP contribution in [0.1, 0.15) is 44.9 Å². The fraction of sp³-hybridized carbons (Fsp3) is 0.107. The van der Waals surface area contributed by atoms with E-state index in [1.807, 2.05) is 66.2 Å². The maximum Gasteiger partial charge on any atom is 0.335 e. The van der Waals surface area contributed by atoms with Gasteiger partial charge in [-0.1, -0.05) is 48.0 Å². The Morgan fingerprint density at radius 2 is 1.77 bits per heavy atom. The van der Waals surface area contributed by atoms with Crippen LogP contribution in [0.3, 0.4) is 0 Å². The summed E-state index contributed by atoms with van der Waals surface area (Å²) in [6.45, 7) is 2.36. The van der Waals surface area contributed by atoms with Crippen molar-refractivity contribution in [2.75, 3.05) is 0 Å². The third-order valence-electron chi connectivity index (χ3n) is 6.06. The van der Waals surface area contributed by atoms with Gasteiger partial charge < -0.3 is 15.0 Å². The largest absolute Gasteiger partial charge is 0.478 e. The molecule has 1 amide bonds. The van der Waals surface area contributed by atoms with Crippen molar-refractivity contribution in [2.45, 2.75) is 19.5 Å². The highest BCUT2D eigenvalue weighted by molar-refractivity contribution is 6.32. The number of nitrogens with zero attached hydrogens (tertiary/aromatic N) is 2. The molecule has 0 bridgehead atoms. The number of rotatable bonds is 6. The van der Waals surface area contributed by atoms with Crippen LogP contribution in [0.5, 0.6) is 0 Å². The molecule has 7 heteroatoms. The molecule has 0 saturated carbocycles. The van der Waals surface area contributed by atoms with Crippen LogP contribution in [-0.4, -0.2) is 26.5 Å². The Bertz CT molecular complexity index is 1570. The number of amides is 1. The molecule has 0 fully saturated rings. The Kier molecular flexibility index (Phi) is 5.97. The average molecular weight is 484 g/mol. The zero-order chi connectivity index (χ0) is 24.5. The third-order valence-corrected chi connectivity index (χ3v) is 6.28. The zero-order valence-electron chi connectivity index (χ0n) is 18.9. The number of halogens is 1. The second-order valence-electron chi connectivity index (χ2n) is 8.45. The van der Waals surface area contributed by atoms with Crippen LogP contribution in [0.15, 0.2) is 85.1 Å². The lowest BCUT2D eigenvalue weighted by Crippen LogP contribution is -2.27. The minimum absolute atomic E-state index is 0.198. The first-order valence-electron chi connectivity index (χ1n) is 11.2. The Morgan fingerprint density at radius 1 is 1.00 bits per heavy atom. The maximum atomic E-state index is 13.4. The van der Waals surface area contributed by atoms with Crippen LogP contribution >= 0.6 is 11.6 Å². The molecule has 3 aromatic carbocycles. The van der Waals surface area contributed by atoms with E-state index in [1.165, 1.54) is 12.1 Å². The molecule has 0 saturated heterocycles.